The lowest BCUT2D eigenvalue weighted by atomic mass is 10.1. The number of rotatable bonds is 4. The summed E-state index contributed by atoms with van der Waals surface area (Å²) < 4.78 is 6.54. The first-order chi connectivity index (χ1) is 7.47. The first-order valence-electron chi connectivity index (χ1n) is 5.29. The van der Waals surface area contributed by atoms with Crippen molar-refractivity contribution in [1.29, 1.82) is 0 Å². The van der Waals surface area contributed by atoms with E-state index in [1.165, 1.54) is 7.11 Å². The van der Waals surface area contributed by atoms with E-state index >= 15 is 0 Å². The van der Waals surface area contributed by atoms with E-state index in [0.717, 1.165) is 11.3 Å². The van der Waals surface area contributed by atoms with E-state index < -0.39 is 6.04 Å². The molecule has 0 aliphatic heterocycles. The van der Waals surface area contributed by atoms with Crippen LogP contribution in [0.1, 0.15) is 31.1 Å². The number of carbonyl (C=O) groups excluding carboxylic acids is 1. The molecule has 16 heavy (non-hydrogen) atoms. The molecule has 1 unspecified atom stereocenters. The van der Waals surface area contributed by atoms with Crippen molar-refractivity contribution < 1.29 is 9.53 Å². The van der Waals surface area contributed by atoms with Gasteiger partial charge in [-0.2, -0.15) is 5.10 Å². The molecule has 0 saturated carbocycles. The standard InChI is InChI=1S/C11H19N3O2/c1-7(2)13-10(11(15)16-5)9-6-12-14(4)8(9)3/h6-7,10,13H,1-5H3. The molecule has 1 atom stereocenters. The first kappa shape index (κ1) is 12.7. The van der Waals surface area contributed by atoms with Gasteiger partial charge >= 0.3 is 5.97 Å². The average Bonchev–Trinajstić information content (AvgIpc) is 2.55. The summed E-state index contributed by atoms with van der Waals surface area (Å²) in [6.45, 7) is 5.91. The normalized spacial score (nSPS) is 12.9. The number of carbonyl (C=O) groups is 1. The second-order valence-corrected chi connectivity index (χ2v) is 4.09. The molecule has 1 N–H and O–H groups in total. The van der Waals surface area contributed by atoms with Gasteiger partial charge in [-0.3, -0.25) is 10.00 Å². The van der Waals surface area contributed by atoms with Gasteiger partial charge in [-0.15, -0.1) is 0 Å². The second kappa shape index (κ2) is 5.12. The van der Waals surface area contributed by atoms with Crippen molar-refractivity contribution in [2.24, 2.45) is 7.05 Å². The van der Waals surface area contributed by atoms with Crippen LogP contribution in [0, 0.1) is 6.92 Å². The van der Waals surface area contributed by atoms with Gasteiger partial charge in [0, 0.05) is 24.3 Å². The Kier molecular flexibility index (Phi) is 4.06. The fourth-order valence-corrected chi connectivity index (χ4v) is 1.54. The lowest BCUT2D eigenvalue weighted by molar-refractivity contribution is -0.143. The van der Waals surface area contributed by atoms with Gasteiger partial charge in [0.2, 0.25) is 0 Å². The van der Waals surface area contributed by atoms with Crippen LogP contribution < -0.4 is 5.32 Å². The van der Waals surface area contributed by atoms with Gasteiger partial charge in [-0.25, -0.2) is 4.79 Å². The molecule has 1 heterocycles. The molecule has 0 aromatic carbocycles. The highest BCUT2D eigenvalue weighted by molar-refractivity contribution is 5.77. The van der Waals surface area contributed by atoms with Crippen molar-refractivity contribution in [2.45, 2.75) is 32.9 Å². The Bertz CT molecular complexity index is 371. The molecular formula is C11H19N3O2. The molecule has 1 aromatic rings. The Hall–Kier alpha value is -1.36. The van der Waals surface area contributed by atoms with Crippen molar-refractivity contribution in [3.63, 3.8) is 0 Å². The molecule has 1 rings (SSSR count). The van der Waals surface area contributed by atoms with Crippen molar-refractivity contribution in [3.8, 4) is 0 Å². The van der Waals surface area contributed by atoms with E-state index in [0.29, 0.717) is 0 Å². The summed E-state index contributed by atoms with van der Waals surface area (Å²) in [6.07, 6.45) is 1.70. The molecule has 0 fully saturated rings. The van der Waals surface area contributed by atoms with E-state index in [2.05, 4.69) is 10.4 Å². The predicted octanol–water partition coefficient (Wildman–Crippen LogP) is 0.941. The molecule has 5 nitrogen and oxygen atoms in total. The smallest absolute Gasteiger partial charge is 0.327 e. The highest BCUT2D eigenvalue weighted by atomic mass is 16.5. The Labute approximate surface area is 95.8 Å². The van der Waals surface area contributed by atoms with Gasteiger partial charge < -0.3 is 4.74 Å². The molecule has 90 valence electrons. The highest BCUT2D eigenvalue weighted by Crippen LogP contribution is 2.18. The van der Waals surface area contributed by atoms with Crippen LogP contribution in [0.2, 0.25) is 0 Å². The Morgan fingerprint density at radius 1 is 1.56 bits per heavy atom. The highest BCUT2D eigenvalue weighted by Gasteiger charge is 2.25. The van der Waals surface area contributed by atoms with Crippen LogP contribution in [0.4, 0.5) is 0 Å². The minimum atomic E-state index is -0.446. The lowest BCUT2D eigenvalue weighted by Crippen LogP contribution is -2.34. The predicted molar refractivity (Wildman–Crippen MR) is 61.0 cm³/mol. The van der Waals surface area contributed by atoms with Crippen molar-refractivity contribution in [3.05, 3.63) is 17.5 Å². The van der Waals surface area contributed by atoms with E-state index in [-0.39, 0.29) is 12.0 Å². The summed E-state index contributed by atoms with van der Waals surface area (Å²) in [5, 5.41) is 7.30. The number of methoxy groups -OCH3 is 1. The van der Waals surface area contributed by atoms with E-state index in [4.69, 9.17) is 4.74 Å². The third-order valence-corrected chi connectivity index (χ3v) is 2.52. The van der Waals surface area contributed by atoms with E-state index in [1.807, 2.05) is 27.8 Å². The Balaban J connectivity index is 3.01. The van der Waals surface area contributed by atoms with Crippen LogP contribution in [0.3, 0.4) is 0 Å². The zero-order chi connectivity index (χ0) is 12.3. The zero-order valence-electron chi connectivity index (χ0n) is 10.4. The summed E-state index contributed by atoms with van der Waals surface area (Å²) in [5.41, 5.74) is 1.83. The van der Waals surface area contributed by atoms with E-state index in [9.17, 15) is 4.79 Å². The fourth-order valence-electron chi connectivity index (χ4n) is 1.54. The topological polar surface area (TPSA) is 56.1 Å². The third-order valence-electron chi connectivity index (χ3n) is 2.52. The molecular weight excluding hydrogens is 206 g/mol. The van der Waals surface area contributed by atoms with Crippen LogP contribution in [-0.2, 0) is 16.6 Å². The van der Waals surface area contributed by atoms with Gasteiger partial charge in [0.1, 0.15) is 6.04 Å². The van der Waals surface area contributed by atoms with Crippen LogP contribution in [0.25, 0.3) is 0 Å². The first-order valence-corrected chi connectivity index (χ1v) is 5.29. The van der Waals surface area contributed by atoms with Crippen LogP contribution in [0.15, 0.2) is 6.20 Å². The number of hydrogen-bond donors (Lipinski definition) is 1. The fraction of sp³-hybridized carbons (Fsp3) is 0.636. The SMILES string of the molecule is COC(=O)C(NC(C)C)c1cnn(C)c1C. The monoisotopic (exact) mass is 225 g/mol. The number of aromatic nitrogens is 2. The second-order valence-electron chi connectivity index (χ2n) is 4.09. The Morgan fingerprint density at radius 3 is 2.56 bits per heavy atom. The number of hydrogen-bond acceptors (Lipinski definition) is 4. The van der Waals surface area contributed by atoms with Crippen LogP contribution in [0.5, 0.6) is 0 Å². The van der Waals surface area contributed by atoms with Gasteiger partial charge in [-0.1, -0.05) is 0 Å². The maximum Gasteiger partial charge on any atom is 0.327 e. The molecule has 0 spiro atoms. The molecule has 0 aliphatic carbocycles. The van der Waals surface area contributed by atoms with Crippen molar-refractivity contribution >= 4 is 5.97 Å². The van der Waals surface area contributed by atoms with Crippen molar-refractivity contribution in [1.82, 2.24) is 15.1 Å². The van der Waals surface area contributed by atoms with E-state index in [1.54, 1.807) is 10.9 Å². The molecule has 0 radical (unpaired) electrons. The third kappa shape index (κ3) is 2.61. The number of nitrogens with one attached hydrogen (secondary N) is 1. The summed E-state index contributed by atoms with van der Waals surface area (Å²) in [5.74, 6) is -0.287. The molecule has 0 saturated heterocycles. The largest absolute Gasteiger partial charge is 0.468 e. The average molecular weight is 225 g/mol. The number of ether oxygens (including phenoxy) is 1. The molecule has 0 aliphatic rings. The molecule has 0 bridgehead atoms. The lowest BCUT2D eigenvalue weighted by Gasteiger charge is -2.18. The van der Waals surface area contributed by atoms with Gasteiger partial charge in [-0.05, 0) is 20.8 Å². The van der Waals surface area contributed by atoms with Gasteiger partial charge in [0.25, 0.3) is 0 Å². The Morgan fingerprint density at radius 2 is 2.19 bits per heavy atom. The van der Waals surface area contributed by atoms with Crippen LogP contribution in [-0.4, -0.2) is 28.9 Å². The van der Waals surface area contributed by atoms with Crippen LogP contribution >= 0.6 is 0 Å². The zero-order valence-corrected chi connectivity index (χ0v) is 10.4. The van der Waals surface area contributed by atoms with Gasteiger partial charge in [0.05, 0.1) is 13.3 Å². The number of aryl methyl sites for hydroxylation is 1. The summed E-state index contributed by atoms with van der Waals surface area (Å²) in [4.78, 5) is 11.7. The molecule has 5 heteroatoms. The summed E-state index contributed by atoms with van der Waals surface area (Å²) in [6, 6.07) is -0.248. The maximum absolute atomic E-state index is 11.7. The number of esters is 1. The minimum absolute atomic E-state index is 0.198. The summed E-state index contributed by atoms with van der Waals surface area (Å²) in [7, 11) is 3.24. The quantitative estimate of drug-likeness (QED) is 0.775. The van der Waals surface area contributed by atoms with Gasteiger partial charge in [0.15, 0.2) is 0 Å². The molecule has 1 aromatic heterocycles. The molecule has 0 amide bonds. The minimum Gasteiger partial charge on any atom is -0.468 e. The maximum atomic E-state index is 11.7. The van der Waals surface area contributed by atoms with Crippen molar-refractivity contribution in [2.75, 3.05) is 7.11 Å². The number of nitrogens with zero attached hydrogens (tertiary/aromatic N) is 2. The summed E-state index contributed by atoms with van der Waals surface area (Å²) >= 11 is 0.